The molecule has 0 aromatic heterocycles. The van der Waals surface area contributed by atoms with Crippen LogP contribution in [0.1, 0.15) is 11.1 Å². The molecule has 0 fully saturated rings. The number of nitriles is 1. The Morgan fingerprint density at radius 3 is 2.85 bits per heavy atom. The number of halogens is 1. The number of aryl methyl sites for hydroxylation is 1. The van der Waals surface area contributed by atoms with Crippen molar-refractivity contribution >= 4 is 21.6 Å². The third kappa shape index (κ3) is 2.33. The second kappa shape index (κ2) is 4.11. The Balaban J connectivity index is 3.13. The summed E-state index contributed by atoms with van der Waals surface area (Å²) in [7, 11) is 0. The summed E-state index contributed by atoms with van der Waals surface area (Å²) in [5, 5.41) is 8.40. The van der Waals surface area contributed by atoms with Crippen molar-refractivity contribution in [1.29, 1.82) is 5.26 Å². The van der Waals surface area contributed by atoms with Gasteiger partial charge in [-0.05, 0) is 24.1 Å². The summed E-state index contributed by atoms with van der Waals surface area (Å²) in [5.74, 6) is 0. The van der Waals surface area contributed by atoms with E-state index in [0.29, 0.717) is 5.70 Å². The van der Waals surface area contributed by atoms with E-state index in [9.17, 15) is 0 Å². The molecule has 0 spiro atoms. The summed E-state index contributed by atoms with van der Waals surface area (Å²) >= 11 is 3.40. The second-order valence-electron chi connectivity index (χ2n) is 2.69. The van der Waals surface area contributed by atoms with Gasteiger partial charge in [-0.1, -0.05) is 28.1 Å². The highest BCUT2D eigenvalue weighted by atomic mass is 79.9. The minimum absolute atomic E-state index is 0.489. The number of allylic oxidation sites excluding steroid dienone is 1. The Morgan fingerprint density at radius 2 is 2.31 bits per heavy atom. The molecule has 1 aromatic carbocycles. The van der Waals surface area contributed by atoms with Crippen LogP contribution >= 0.6 is 15.9 Å². The summed E-state index contributed by atoms with van der Waals surface area (Å²) in [6, 6.07) is 7.65. The van der Waals surface area contributed by atoms with Crippen molar-refractivity contribution < 1.29 is 0 Å². The number of hydrogen-bond acceptors (Lipinski definition) is 2. The van der Waals surface area contributed by atoms with E-state index < -0.39 is 0 Å². The monoisotopic (exact) mass is 236 g/mol. The fourth-order valence-electron chi connectivity index (χ4n) is 0.925. The number of nitrogens with zero attached hydrogens (tertiary/aromatic N) is 1. The molecule has 2 N–H and O–H groups in total. The maximum Gasteiger partial charge on any atom is 0.0933 e. The molecule has 1 rings (SSSR count). The van der Waals surface area contributed by atoms with Crippen LogP contribution in [0.5, 0.6) is 0 Å². The van der Waals surface area contributed by atoms with E-state index in [-0.39, 0.29) is 0 Å². The van der Waals surface area contributed by atoms with Crippen molar-refractivity contribution in [2.24, 2.45) is 5.73 Å². The van der Waals surface area contributed by atoms with Crippen molar-refractivity contribution in [3.63, 3.8) is 0 Å². The Kier molecular flexibility index (Phi) is 3.10. The van der Waals surface area contributed by atoms with Gasteiger partial charge in [-0.25, -0.2) is 0 Å². The van der Waals surface area contributed by atoms with Gasteiger partial charge in [-0.3, -0.25) is 0 Å². The zero-order valence-corrected chi connectivity index (χ0v) is 8.80. The average Bonchev–Trinajstić information content (AvgIpc) is 2.10. The largest absolute Gasteiger partial charge is 0.398 e. The molecule has 66 valence electrons. The highest BCUT2D eigenvalue weighted by Gasteiger charge is 1.99. The first-order valence-corrected chi connectivity index (χ1v) is 4.56. The zero-order chi connectivity index (χ0) is 9.84. The molecule has 3 heteroatoms. The molecule has 1 aromatic rings. The SMILES string of the molecule is Cc1ccc(/C(N)=C/C#N)cc1Br. The lowest BCUT2D eigenvalue weighted by atomic mass is 10.1. The fourth-order valence-corrected chi connectivity index (χ4v) is 1.30. The molecule has 13 heavy (non-hydrogen) atoms. The summed E-state index contributed by atoms with van der Waals surface area (Å²) < 4.78 is 0.999. The minimum atomic E-state index is 0.489. The van der Waals surface area contributed by atoms with Crippen molar-refractivity contribution in [2.45, 2.75) is 6.92 Å². The molecule has 0 radical (unpaired) electrons. The zero-order valence-electron chi connectivity index (χ0n) is 7.21. The molecule has 0 unspecified atom stereocenters. The molecule has 0 aliphatic rings. The standard InChI is InChI=1S/C10H9BrN2/c1-7-2-3-8(6-9(7)11)10(13)4-5-12/h2-4,6H,13H2,1H3/b10-4-. The van der Waals surface area contributed by atoms with E-state index in [1.807, 2.05) is 31.2 Å². The van der Waals surface area contributed by atoms with E-state index in [4.69, 9.17) is 11.0 Å². The third-order valence-electron chi connectivity index (χ3n) is 1.73. The molecule has 0 aliphatic carbocycles. The quantitative estimate of drug-likeness (QED) is 0.763. The van der Waals surface area contributed by atoms with Gasteiger partial charge in [-0.2, -0.15) is 5.26 Å². The third-order valence-corrected chi connectivity index (χ3v) is 2.58. The van der Waals surface area contributed by atoms with Crippen molar-refractivity contribution in [3.05, 3.63) is 39.9 Å². The van der Waals surface area contributed by atoms with E-state index in [2.05, 4.69) is 15.9 Å². The van der Waals surface area contributed by atoms with Gasteiger partial charge in [0, 0.05) is 16.2 Å². The second-order valence-corrected chi connectivity index (χ2v) is 3.55. The summed E-state index contributed by atoms with van der Waals surface area (Å²) in [4.78, 5) is 0. The van der Waals surface area contributed by atoms with E-state index >= 15 is 0 Å². The molecule has 0 amide bonds. The van der Waals surface area contributed by atoms with Crippen LogP contribution in [0.2, 0.25) is 0 Å². The topological polar surface area (TPSA) is 49.8 Å². The first kappa shape index (κ1) is 9.82. The predicted octanol–water partition coefficient (Wildman–Crippen LogP) is 2.58. The van der Waals surface area contributed by atoms with E-state index in [0.717, 1.165) is 15.6 Å². The maximum absolute atomic E-state index is 8.40. The normalized spacial score (nSPS) is 11.0. The molecular weight excluding hydrogens is 228 g/mol. The minimum Gasteiger partial charge on any atom is -0.398 e. The lowest BCUT2D eigenvalue weighted by Gasteiger charge is -2.02. The van der Waals surface area contributed by atoms with Gasteiger partial charge in [0.1, 0.15) is 0 Å². The van der Waals surface area contributed by atoms with Gasteiger partial charge in [-0.15, -0.1) is 0 Å². The Bertz CT molecular complexity index is 388. The number of nitrogens with two attached hydrogens (primary N) is 1. The van der Waals surface area contributed by atoms with Gasteiger partial charge in [0.2, 0.25) is 0 Å². The van der Waals surface area contributed by atoms with Gasteiger partial charge >= 0.3 is 0 Å². The van der Waals surface area contributed by atoms with Gasteiger partial charge < -0.3 is 5.73 Å². The van der Waals surface area contributed by atoms with Crippen LogP contribution in [0.4, 0.5) is 0 Å². The van der Waals surface area contributed by atoms with Crippen LogP contribution in [0.3, 0.4) is 0 Å². The lowest BCUT2D eigenvalue weighted by Crippen LogP contribution is -1.95. The first-order chi connectivity index (χ1) is 6.15. The Morgan fingerprint density at radius 1 is 1.62 bits per heavy atom. The van der Waals surface area contributed by atoms with Crippen molar-refractivity contribution in [2.75, 3.05) is 0 Å². The van der Waals surface area contributed by atoms with Gasteiger partial charge in [0.15, 0.2) is 0 Å². The molecule has 0 saturated carbocycles. The number of rotatable bonds is 1. The van der Waals surface area contributed by atoms with Gasteiger partial charge in [0.25, 0.3) is 0 Å². The predicted molar refractivity (Wildman–Crippen MR) is 56.7 cm³/mol. The van der Waals surface area contributed by atoms with Crippen molar-refractivity contribution in [1.82, 2.24) is 0 Å². The van der Waals surface area contributed by atoms with Crippen LogP contribution < -0.4 is 5.73 Å². The molecule has 0 heterocycles. The molecule has 0 aliphatic heterocycles. The molecular formula is C10H9BrN2. The Hall–Kier alpha value is -1.27. The van der Waals surface area contributed by atoms with Crippen LogP contribution in [0.15, 0.2) is 28.7 Å². The molecule has 0 bridgehead atoms. The molecule has 0 atom stereocenters. The van der Waals surface area contributed by atoms with Crippen LogP contribution in [0.25, 0.3) is 5.70 Å². The number of hydrogen-bond donors (Lipinski definition) is 1. The van der Waals surface area contributed by atoms with Crippen LogP contribution in [-0.2, 0) is 0 Å². The first-order valence-electron chi connectivity index (χ1n) is 3.77. The summed E-state index contributed by atoms with van der Waals surface area (Å²) in [6.07, 6.45) is 1.33. The van der Waals surface area contributed by atoms with Crippen LogP contribution in [-0.4, -0.2) is 0 Å². The van der Waals surface area contributed by atoms with E-state index in [1.165, 1.54) is 6.08 Å². The number of benzene rings is 1. The van der Waals surface area contributed by atoms with E-state index in [1.54, 1.807) is 0 Å². The Labute approximate surface area is 85.8 Å². The highest BCUT2D eigenvalue weighted by Crippen LogP contribution is 2.20. The summed E-state index contributed by atoms with van der Waals surface area (Å²) in [5.41, 5.74) is 8.14. The summed E-state index contributed by atoms with van der Waals surface area (Å²) in [6.45, 7) is 2.00. The average molecular weight is 237 g/mol. The molecule has 2 nitrogen and oxygen atoms in total. The molecule has 0 saturated heterocycles. The van der Waals surface area contributed by atoms with Crippen LogP contribution in [0, 0.1) is 18.3 Å². The highest BCUT2D eigenvalue weighted by molar-refractivity contribution is 9.10. The maximum atomic E-state index is 8.40. The lowest BCUT2D eigenvalue weighted by molar-refractivity contribution is 1.40. The van der Waals surface area contributed by atoms with Crippen molar-refractivity contribution in [3.8, 4) is 6.07 Å². The van der Waals surface area contributed by atoms with Gasteiger partial charge in [0.05, 0.1) is 6.07 Å². The fraction of sp³-hybridized carbons (Fsp3) is 0.100. The smallest absolute Gasteiger partial charge is 0.0933 e.